The van der Waals surface area contributed by atoms with E-state index in [-0.39, 0.29) is 0 Å². The van der Waals surface area contributed by atoms with Crippen molar-refractivity contribution in [2.45, 2.75) is 0 Å². The number of furan rings is 1. The predicted octanol–water partition coefficient (Wildman–Crippen LogP) is 21.7. The first-order valence-corrected chi connectivity index (χ1v) is 24.8. The van der Waals surface area contributed by atoms with Crippen LogP contribution in [0.2, 0.25) is 0 Å². The molecule has 0 fully saturated rings. The molecule has 16 rings (SSSR count). The average Bonchev–Trinajstić information content (AvgIpc) is 1.60. The van der Waals surface area contributed by atoms with Gasteiger partial charge in [0.15, 0.2) is 0 Å². The van der Waals surface area contributed by atoms with Crippen molar-refractivity contribution in [2.75, 3.05) is 0 Å². The van der Waals surface area contributed by atoms with Crippen LogP contribution >= 0.6 is 0 Å². The molecule has 0 spiro atoms. The van der Waals surface area contributed by atoms with E-state index < -0.39 is 209 Å². The van der Waals surface area contributed by atoms with Crippen LogP contribution in [0.25, 0.3) is 153 Å². The van der Waals surface area contributed by atoms with E-state index in [0.717, 1.165) is 0 Å². The summed E-state index contributed by atoms with van der Waals surface area (Å²) in [5.74, 6) is 0. The molecular weight excluding hydrogens is 929 g/mol. The maximum absolute atomic E-state index is 9.36. The van der Waals surface area contributed by atoms with Gasteiger partial charge in [-0.1, -0.05) is 260 Å². The lowest BCUT2D eigenvalue weighted by molar-refractivity contribution is 0.673. The number of benzene rings is 15. The summed E-state index contributed by atoms with van der Waals surface area (Å²) < 4.78 is 200. The van der Waals surface area contributed by atoms with Gasteiger partial charge in [0.05, 0.1) is 30.2 Å². The van der Waals surface area contributed by atoms with Crippen LogP contribution < -0.4 is 0 Å². The quantitative estimate of drug-likeness (QED) is 0.157. The first-order valence-electron chi connectivity index (χ1n) is 35.8. The summed E-state index contributed by atoms with van der Waals surface area (Å²) in [6.07, 6.45) is 0. The lowest BCUT2D eigenvalue weighted by atomic mass is 9.85. The normalized spacial score (nSPS) is 15.6. The van der Waals surface area contributed by atoms with Crippen LogP contribution in [0.4, 0.5) is 0 Å². The smallest absolute Gasteiger partial charge is 0.143 e. The molecule has 0 aliphatic heterocycles. The van der Waals surface area contributed by atoms with Crippen LogP contribution in [0.1, 0.15) is 30.2 Å². The van der Waals surface area contributed by atoms with Gasteiger partial charge in [0.1, 0.15) is 11.2 Å². The van der Waals surface area contributed by atoms with Crippen molar-refractivity contribution in [3.05, 3.63) is 291 Å². The molecule has 0 saturated carbocycles. The van der Waals surface area contributed by atoms with Gasteiger partial charge in [-0.15, -0.1) is 0 Å². The third-order valence-corrected chi connectivity index (χ3v) is 14.3. The van der Waals surface area contributed by atoms with Crippen LogP contribution in [0.15, 0.2) is 295 Å². The Morgan fingerprint density at radius 1 is 0.247 bits per heavy atom. The third kappa shape index (κ3) is 7.47. The Kier molecular flexibility index (Phi) is 6.56. The van der Waals surface area contributed by atoms with Crippen molar-refractivity contribution in [2.24, 2.45) is 0 Å². The van der Waals surface area contributed by atoms with Crippen LogP contribution in [0.3, 0.4) is 0 Å². The molecule has 0 bridgehead atoms. The first-order chi connectivity index (χ1) is 47.3. The van der Waals surface area contributed by atoms with Crippen LogP contribution in [-0.4, -0.2) is 0 Å². The minimum Gasteiger partial charge on any atom is -0.455 e. The molecule has 0 saturated heterocycles. The Morgan fingerprint density at radius 3 is 1.34 bits per heavy atom. The van der Waals surface area contributed by atoms with Crippen LogP contribution in [0, 0.1) is 0 Å². The van der Waals surface area contributed by atoms with E-state index in [9.17, 15) is 6.85 Å². The molecule has 1 nitrogen and oxygen atoms in total. The van der Waals surface area contributed by atoms with Crippen LogP contribution in [-0.2, 0) is 0 Å². The van der Waals surface area contributed by atoms with E-state index in [1.807, 2.05) is 0 Å². The topological polar surface area (TPSA) is 13.1 Å². The Morgan fingerprint density at radius 2 is 0.714 bits per heavy atom. The molecule has 0 amide bonds. The van der Waals surface area contributed by atoms with Crippen molar-refractivity contribution in [3.63, 3.8) is 0 Å². The molecule has 16 aromatic rings. The number of hydrogen-bond donors (Lipinski definition) is 0. The van der Waals surface area contributed by atoms with Gasteiger partial charge in [-0.2, -0.15) is 0 Å². The van der Waals surface area contributed by atoms with Gasteiger partial charge in [0, 0.05) is 16.2 Å². The minimum atomic E-state index is -0.907. The molecule has 358 valence electrons. The van der Waals surface area contributed by atoms with Crippen molar-refractivity contribution in [1.29, 1.82) is 0 Å². The Labute approximate surface area is 477 Å². The summed E-state index contributed by atoms with van der Waals surface area (Å²) in [5.41, 5.74) is 4.02. The summed E-state index contributed by atoms with van der Waals surface area (Å²) in [6.45, 7) is 0. The molecule has 1 aromatic heterocycles. The summed E-state index contributed by atoms with van der Waals surface area (Å²) in [7, 11) is 0. The number of rotatable bonds is 5. The molecule has 1 heterocycles. The number of hydrogen-bond acceptors (Lipinski definition) is 1. The highest BCUT2D eigenvalue weighted by Gasteiger charge is 2.22. The van der Waals surface area contributed by atoms with E-state index >= 15 is 0 Å². The minimum absolute atomic E-state index is 0.401. The van der Waals surface area contributed by atoms with Gasteiger partial charge in [-0.25, -0.2) is 0 Å². The molecule has 15 aromatic carbocycles. The van der Waals surface area contributed by atoms with Gasteiger partial charge in [-0.3, -0.25) is 0 Å². The molecule has 0 aliphatic rings. The molecule has 0 radical (unpaired) electrons. The van der Waals surface area contributed by atoms with Crippen molar-refractivity contribution >= 4 is 97.3 Å². The van der Waals surface area contributed by atoms with E-state index in [0.29, 0.717) is 0 Å². The summed E-state index contributed by atoms with van der Waals surface area (Å²) in [5, 5.41) is 6.01. The first kappa shape index (κ1) is 27.5. The fourth-order valence-corrected chi connectivity index (χ4v) is 11.0. The molecule has 0 unspecified atom stereocenters. The van der Waals surface area contributed by atoms with Crippen molar-refractivity contribution in [3.8, 4) is 55.6 Å². The van der Waals surface area contributed by atoms with Gasteiger partial charge in [-0.05, 0) is 156 Å². The van der Waals surface area contributed by atoms with E-state index in [2.05, 4.69) is 158 Å². The zero-order chi connectivity index (χ0) is 70.0. The van der Waals surface area contributed by atoms with E-state index in [4.69, 9.17) is 27.7 Å². The summed E-state index contributed by atoms with van der Waals surface area (Å²) in [6, 6.07) is 39.2. The Balaban J connectivity index is 0.000000173. The lowest BCUT2D eigenvalue weighted by Crippen LogP contribution is -1.91. The molecule has 77 heavy (non-hydrogen) atoms. The third-order valence-electron chi connectivity index (χ3n) is 14.3. The second kappa shape index (κ2) is 18.4. The fourth-order valence-electron chi connectivity index (χ4n) is 11.0. The monoisotopic (exact) mass is 999 g/mol. The second-order valence-corrected chi connectivity index (χ2v) is 18.6. The highest BCUT2D eigenvalue weighted by molar-refractivity contribution is 6.27. The van der Waals surface area contributed by atoms with Crippen molar-refractivity contribution < 1.29 is 34.6 Å². The molecule has 0 atom stereocenters. The lowest BCUT2D eigenvalue weighted by Gasteiger charge is -2.18. The maximum Gasteiger partial charge on any atom is 0.143 e. The second-order valence-electron chi connectivity index (χ2n) is 18.6. The Bertz CT molecular complexity index is 6170. The number of fused-ring (bicyclic) bond motifs is 11. The van der Waals surface area contributed by atoms with E-state index in [1.165, 1.54) is 76.5 Å². The average molecular weight is 999 g/mol. The van der Waals surface area contributed by atoms with E-state index in [1.54, 1.807) is 0 Å². The van der Waals surface area contributed by atoms with Gasteiger partial charge >= 0.3 is 0 Å². The zero-order valence-corrected chi connectivity index (χ0v) is 40.4. The van der Waals surface area contributed by atoms with Gasteiger partial charge < -0.3 is 4.42 Å². The highest BCUT2D eigenvalue weighted by Crippen LogP contribution is 2.48. The van der Waals surface area contributed by atoms with Crippen molar-refractivity contribution in [1.82, 2.24) is 0 Å². The molecular formula is C76H48O. The SMILES string of the molecule is [2H]c1c([2H])c([2H])c(-c2c3c([2H])c([2H])c([2H])c([2H])c3c(-c3c([2H])c([2H])c([2H])c4oc5c6c([2H])c([2H])c([2H])c([2H])c6c([2H])c([2H])c5c34)c3c([2H])c([2H])c([2H])c([2H])c23)c([2H])c1[2H].c1cc(-c2ccc3ccccc3c2)cc(-c2c3ccccc3c(-c3ccc4ccccc4c3)c3ccccc23)c1. The molecule has 0 N–H and O–H groups in total. The molecule has 1 heteroatoms. The standard InChI is InChI=1S/C40H26.C36H22O/c1-3-12-29-24-32(22-20-27(29)10-1)31-14-9-15-33(26-31)39-35-16-5-7-18-37(35)40(38-19-8-6-17-36(38)39)34-23-21-28-11-2-4-13-30(28)25-34;1-2-12-24(13-3-1)33-26-15-6-8-17-28(26)34(29-18-9-7-16-27(29)33)30-19-10-20-32-35(30)31-22-21-23-11-4-5-14-25(23)36(31)37-32/h1-26H;1-22H/i;1D,2D,3D,4D,5D,6D,7D,8D,9D,10D,11D,12D,13D,14D,15D,16D,17D,18D,19D,20D,21D,22D. The summed E-state index contributed by atoms with van der Waals surface area (Å²) in [4.78, 5) is 0. The maximum atomic E-state index is 9.36. The zero-order valence-electron chi connectivity index (χ0n) is 62.4. The Hall–Kier alpha value is -10.1. The summed E-state index contributed by atoms with van der Waals surface area (Å²) >= 11 is 0. The van der Waals surface area contributed by atoms with Crippen LogP contribution in [0.5, 0.6) is 0 Å². The highest BCUT2D eigenvalue weighted by atomic mass is 16.3. The fraction of sp³-hybridized carbons (Fsp3) is 0. The molecule has 0 aliphatic carbocycles. The predicted molar refractivity (Wildman–Crippen MR) is 330 cm³/mol. The largest absolute Gasteiger partial charge is 0.455 e. The van der Waals surface area contributed by atoms with Gasteiger partial charge in [0.2, 0.25) is 0 Å². The van der Waals surface area contributed by atoms with Gasteiger partial charge in [0.25, 0.3) is 0 Å².